The second kappa shape index (κ2) is 11.8. The number of esters is 1. The lowest BCUT2D eigenvalue weighted by Crippen LogP contribution is -2.37. The minimum atomic E-state index is -0.602. The Balaban J connectivity index is 1.38. The number of benzene rings is 1. The molecule has 1 aliphatic carbocycles. The van der Waals surface area contributed by atoms with Crippen molar-refractivity contribution in [2.75, 3.05) is 44.8 Å². The zero-order valence-electron chi connectivity index (χ0n) is 21.4. The van der Waals surface area contributed by atoms with E-state index in [2.05, 4.69) is 27.3 Å². The number of carbonyl (C=O) groups excluding carboxylic acids is 1. The molecule has 37 heavy (non-hydrogen) atoms. The average molecular weight is 506 g/mol. The number of nitrogens with one attached hydrogen (secondary N) is 1. The summed E-state index contributed by atoms with van der Waals surface area (Å²) in [5.41, 5.74) is 2.34. The van der Waals surface area contributed by atoms with Crippen molar-refractivity contribution in [1.29, 1.82) is 0 Å². The van der Waals surface area contributed by atoms with Gasteiger partial charge in [0.2, 0.25) is 11.4 Å². The van der Waals surface area contributed by atoms with Crippen molar-refractivity contribution in [3.8, 4) is 0 Å². The van der Waals surface area contributed by atoms with Crippen molar-refractivity contribution >= 4 is 28.6 Å². The van der Waals surface area contributed by atoms with Gasteiger partial charge in [0.1, 0.15) is 11.2 Å². The third-order valence-corrected chi connectivity index (χ3v) is 7.26. The number of morpholine rings is 1. The van der Waals surface area contributed by atoms with Gasteiger partial charge in [0.25, 0.3) is 0 Å². The third-order valence-electron chi connectivity index (χ3n) is 7.26. The Morgan fingerprint density at radius 2 is 1.89 bits per heavy atom. The lowest BCUT2D eigenvalue weighted by Gasteiger charge is -2.26. The van der Waals surface area contributed by atoms with E-state index in [4.69, 9.17) is 14.5 Å². The molecule has 0 atom stereocenters. The van der Waals surface area contributed by atoms with Gasteiger partial charge in [-0.25, -0.2) is 9.78 Å². The summed E-state index contributed by atoms with van der Waals surface area (Å²) in [6.07, 6.45) is 9.54. The van der Waals surface area contributed by atoms with Gasteiger partial charge in [0.15, 0.2) is 0 Å². The first-order chi connectivity index (χ1) is 18.1. The number of pyridine rings is 1. The van der Waals surface area contributed by atoms with Crippen LogP contribution in [0.1, 0.15) is 61.0 Å². The summed E-state index contributed by atoms with van der Waals surface area (Å²) < 4.78 is 12.6. The minimum Gasteiger partial charge on any atom is -0.462 e. The van der Waals surface area contributed by atoms with Crippen LogP contribution in [0.3, 0.4) is 0 Å². The fraction of sp³-hybridized carbons (Fsp3) is 0.500. The zero-order chi connectivity index (χ0) is 25.6. The molecule has 0 amide bonds. The molecule has 1 aliphatic heterocycles. The summed E-state index contributed by atoms with van der Waals surface area (Å²) in [6.45, 7) is 6.58. The van der Waals surface area contributed by atoms with Crippen LogP contribution < -0.4 is 10.7 Å². The third kappa shape index (κ3) is 5.99. The summed E-state index contributed by atoms with van der Waals surface area (Å²) >= 11 is 0. The Morgan fingerprint density at radius 1 is 1.14 bits per heavy atom. The predicted octanol–water partition coefficient (Wildman–Crippen LogP) is 4.09. The molecule has 2 aliphatic rings. The largest absolute Gasteiger partial charge is 0.462 e. The molecular weight excluding hydrogens is 470 g/mol. The van der Waals surface area contributed by atoms with Gasteiger partial charge in [-0.15, -0.1) is 0 Å². The van der Waals surface area contributed by atoms with Crippen molar-refractivity contribution in [2.24, 2.45) is 0 Å². The fourth-order valence-corrected chi connectivity index (χ4v) is 5.18. The molecule has 196 valence electrons. The van der Waals surface area contributed by atoms with Gasteiger partial charge in [-0.3, -0.25) is 9.69 Å². The van der Waals surface area contributed by atoms with Crippen LogP contribution in [-0.2, 0) is 15.9 Å². The predicted molar refractivity (Wildman–Crippen MR) is 143 cm³/mol. The lowest BCUT2D eigenvalue weighted by molar-refractivity contribution is 0.0384. The normalized spacial score (nSPS) is 17.1. The zero-order valence-corrected chi connectivity index (χ0v) is 21.4. The first-order valence-corrected chi connectivity index (χ1v) is 13.4. The summed E-state index contributed by atoms with van der Waals surface area (Å²) in [6, 6.07) is 8.47. The van der Waals surface area contributed by atoms with Crippen molar-refractivity contribution in [2.45, 2.75) is 51.5 Å². The van der Waals surface area contributed by atoms with Crippen LogP contribution in [0.25, 0.3) is 11.0 Å². The van der Waals surface area contributed by atoms with Gasteiger partial charge in [0, 0.05) is 43.8 Å². The van der Waals surface area contributed by atoms with Crippen LogP contribution >= 0.6 is 0 Å². The summed E-state index contributed by atoms with van der Waals surface area (Å²) in [7, 11) is 0. The van der Waals surface area contributed by atoms with Crippen LogP contribution in [0.5, 0.6) is 0 Å². The fourth-order valence-electron chi connectivity index (χ4n) is 5.18. The Kier molecular flexibility index (Phi) is 8.11. The van der Waals surface area contributed by atoms with E-state index < -0.39 is 11.4 Å². The van der Waals surface area contributed by atoms with Crippen LogP contribution in [0.4, 0.5) is 11.6 Å². The van der Waals surface area contributed by atoms with E-state index in [-0.39, 0.29) is 18.2 Å². The molecule has 0 unspecified atom stereocenters. The Hall–Kier alpha value is -3.30. The molecule has 9 nitrogen and oxygen atoms in total. The van der Waals surface area contributed by atoms with E-state index in [0.29, 0.717) is 17.0 Å². The van der Waals surface area contributed by atoms with Crippen LogP contribution in [0.2, 0.25) is 0 Å². The molecular formula is C28H35N5O4. The first kappa shape index (κ1) is 25.4. The van der Waals surface area contributed by atoms with E-state index in [1.807, 2.05) is 16.7 Å². The smallest absolute Gasteiger partial charge is 0.343 e. The van der Waals surface area contributed by atoms with E-state index in [9.17, 15) is 9.59 Å². The van der Waals surface area contributed by atoms with Gasteiger partial charge in [-0.05, 0) is 43.9 Å². The number of ether oxygens (including phenoxy) is 2. The van der Waals surface area contributed by atoms with Gasteiger partial charge in [-0.2, -0.15) is 4.98 Å². The lowest BCUT2D eigenvalue weighted by atomic mass is 9.95. The van der Waals surface area contributed by atoms with Crippen LogP contribution in [0, 0.1) is 0 Å². The Bertz CT molecular complexity index is 1280. The molecule has 0 bridgehead atoms. The summed E-state index contributed by atoms with van der Waals surface area (Å²) in [4.78, 5) is 37.2. The highest BCUT2D eigenvalue weighted by molar-refractivity contribution is 5.93. The van der Waals surface area contributed by atoms with E-state index in [0.717, 1.165) is 70.6 Å². The second-order valence-electron chi connectivity index (χ2n) is 9.75. The molecule has 1 saturated carbocycles. The number of carbonyl (C=O) groups is 1. The van der Waals surface area contributed by atoms with E-state index >= 15 is 0 Å². The quantitative estimate of drug-likeness (QED) is 0.457. The topological polar surface area (TPSA) is 98.6 Å². The molecule has 2 fully saturated rings. The summed E-state index contributed by atoms with van der Waals surface area (Å²) in [5, 5.41) is 3.61. The number of hydrogen-bond donors (Lipinski definition) is 1. The number of nitrogens with zero attached hydrogens (tertiary/aromatic N) is 4. The van der Waals surface area contributed by atoms with Crippen molar-refractivity contribution in [3.05, 3.63) is 58.0 Å². The van der Waals surface area contributed by atoms with E-state index in [1.165, 1.54) is 18.2 Å². The maximum atomic E-state index is 13.1. The molecule has 1 N–H and O–H groups in total. The van der Waals surface area contributed by atoms with Crippen molar-refractivity contribution in [3.63, 3.8) is 0 Å². The van der Waals surface area contributed by atoms with E-state index in [1.54, 1.807) is 13.1 Å². The molecule has 1 saturated heterocycles. The van der Waals surface area contributed by atoms with Crippen LogP contribution in [-0.4, -0.2) is 64.9 Å². The molecule has 3 heterocycles. The van der Waals surface area contributed by atoms with Gasteiger partial charge < -0.3 is 19.4 Å². The Labute approximate surface area is 216 Å². The molecule has 0 spiro atoms. The highest BCUT2D eigenvalue weighted by Crippen LogP contribution is 2.30. The number of aromatic nitrogens is 3. The molecule has 3 aromatic rings. The molecule has 9 heteroatoms. The number of anilines is 2. The van der Waals surface area contributed by atoms with Gasteiger partial charge in [-0.1, -0.05) is 31.4 Å². The number of fused-ring (bicyclic) bond motifs is 1. The second-order valence-corrected chi connectivity index (χ2v) is 9.75. The molecule has 2 aromatic heterocycles. The first-order valence-electron chi connectivity index (χ1n) is 13.4. The van der Waals surface area contributed by atoms with Crippen LogP contribution in [0.15, 0.2) is 41.5 Å². The maximum absolute atomic E-state index is 13.1. The standard InChI is InChI=1S/C28H35N5O4/c1-2-37-27(35)24-19-33(22-6-4-3-5-7-22)26-23(25(24)34)18-29-28(31-26)30-21-10-8-20(9-11-21)12-13-32-14-16-36-17-15-32/h8-11,18-19,22H,2-7,12-17H2,1H3,(H,29,30,31). The number of hydrogen-bond acceptors (Lipinski definition) is 8. The highest BCUT2D eigenvalue weighted by atomic mass is 16.5. The average Bonchev–Trinajstić information content (AvgIpc) is 2.94. The molecule has 1 aromatic carbocycles. The van der Waals surface area contributed by atoms with Gasteiger partial charge >= 0.3 is 5.97 Å². The molecule has 0 radical (unpaired) electrons. The number of rotatable bonds is 8. The highest BCUT2D eigenvalue weighted by Gasteiger charge is 2.23. The molecule has 5 rings (SSSR count). The maximum Gasteiger partial charge on any atom is 0.343 e. The van der Waals surface area contributed by atoms with Crippen molar-refractivity contribution in [1.82, 2.24) is 19.4 Å². The monoisotopic (exact) mass is 505 g/mol. The minimum absolute atomic E-state index is 0.0388. The SMILES string of the molecule is CCOC(=O)c1cn(C2CCCCC2)c2nc(Nc3ccc(CCN4CCOCC4)cc3)ncc2c1=O. The Morgan fingerprint density at radius 3 is 2.62 bits per heavy atom. The summed E-state index contributed by atoms with van der Waals surface area (Å²) in [5.74, 6) is -0.184. The van der Waals surface area contributed by atoms with Crippen molar-refractivity contribution < 1.29 is 14.3 Å². The van der Waals surface area contributed by atoms with Gasteiger partial charge in [0.05, 0.1) is 25.2 Å².